The number of ether oxygens (including phenoxy) is 1. The highest BCUT2D eigenvalue weighted by Gasteiger charge is 2.23. The van der Waals surface area contributed by atoms with E-state index >= 15 is 0 Å². The summed E-state index contributed by atoms with van der Waals surface area (Å²) in [4.78, 5) is 11.7. The molecule has 1 rings (SSSR count). The Morgan fingerprint density at radius 1 is 1.69 bits per heavy atom. The number of aliphatic hydroxyl groups is 1. The van der Waals surface area contributed by atoms with Crippen molar-refractivity contribution in [3.8, 4) is 0 Å². The summed E-state index contributed by atoms with van der Waals surface area (Å²) >= 11 is 0. The van der Waals surface area contributed by atoms with E-state index in [2.05, 4.69) is 5.32 Å². The Morgan fingerprint density at radius 3 is 2.81 bits per heavy atom. The second-order valence-electron chi connectivity index (χ2n) is 4.00. The number of methoxy groups -OCH3 is 1. The summed E-state index contributed by atoms with van der Waals surface area (Å²) in [5, 5.41) is 11.8. The minimum Gasteiger partial charge on any atom is -0.393 e. The molecule has 0 saturated carbocycles. The molecule has 90 valence electrons. The maximum atomic E-state index is 11.7. The molecule has 0 saturated heterocycles. The van der Waals surface area contributed by atoms with Crippen molar-refractivity contribution in [3.63, 3.8) is 0 Å². The van der Waals surface area contributed by atoms with Gasteiger partial charge in [-0.1, -0.05) is 0 Å². The van der Waals surface area contributed by atoms with Crippen LogP contribution in [0.2, 0.25) is 0 Å². The molecule has 5 heteroatoms. The lowest BCUT2D eigenvalue weighted by Crippen LogP contribution is -2.45. The molecule has 1 heterocycles. The molecule has 0 aliphatic rings. The Labute approximate surface area is 95.0 Å². The lowest BCUT2D eigenvalue weighted by molar-refractivity contribution is -0.0348. The third-order valence-corrected chi connectivity index (χ3v) is 2.63. The summed E-state index contributed by atoms with van der Waals surface area (Å²) in [6.45, 7) is 1.86. The molecule has 0 aromatic carbocycles. The van der Waals surface area contributed by atoms with E-state index in [9.17, 15) is 4.79 Å². The van der Waals surface area contributed by atoms with Gasteiger partial charge in [0.2, 0.25) is 0 Å². The Hall–Kier alpha value is -1.33. The highest BCUT2D eigenvalue weighted by Crippen LogP contribution is 2.06. The Bertz CT molecular complexity index is 356. The van der Waals surface area contributed by atoms with Gasteiger partial charge in [0.1, 0.15) is 11.3 Å². The maximum absolute atomic E-state index is 11.7. The summed E-state index contributed by atoms with van der Waals surface area (Å²) in [6.07, 6.45) is 1.80. The molecule has 5 nitrogen and oxygen atoms in total. The molecule has 0 radical (unpaired) electrons. The van der Waals surface area contributed by atoms with Crippen molar-refractivity contribution < 1.29 is 14.6 Å². The first-order chi connectivity index (χ1) is 7.52. The Morgan fingerprint density at radius 2 is 2.38 bits per heavy atom. The van der Waals surface area contributed by atoms with Gasteiger partial charge in [-0.05, 0) is 19.1 Å². The topological polar surface area (TPSA) is 63.5 Å². The van der Waals surface area contributed by atoms with E-state index in [1.807, 2.05) is 0 Å². The van der Waals surface area contributed by atoms with Gasteiger partial charge in [-0.2, -0.15) is 0 Å². The van der Waals surface area contributed by atoms with Crippen LogP contribution in [0.1, 0.15) is 17.4 Å². The summed E-state index contributed by atoms with van der Waals surface area (Å²) in [6, 6.07) is 3.54. The molecule has 1 atom stereocenters. The second-order valence-corrected chi connectivity index (χ2v) is 4.00. The number of aryl methyl sites for hydroxylation is 1. The molecule has 0 spiro atoms. The van der Waals surface area contributed by atoms with Crippen molar-refractivity contribution in [3.05, 3.63) is 24.0 Å². The fourth-order valence-corrected chi connectivity index (χ4v) is 1.25. The van der Waals surface area contributed by atoms with Crippen molar-refractivity contribution in [2.24, 2.45) is 7.05 Å². The first-order valence-corrected chi connectivity index (χ1v) is 5.08. The van der Waals surface area contributed by atoms with E-state index in [0.29, 0.717) is 5.69 Å². The summed E-state index contributed by atoms with van der Waals surface area (Å²) in [7, 11) is 3.31. The van der Waals surface area contributed by atoms with E-state index in [-0.39, 0.29) is 19.1 Å². The van der Waals surface area contributed by atoms with Gasteiger partial charge in [0.25, 0.3) is 5.91 Å². The van der Waals surface area contributed by atoms with Gasteiger partial charge in [-0.3, -0.25) is 4.79 Å². The van der Waals surface area contributed by atoms with E-state index in [0.717, 1.165) is 0 Å². The van der Waals surface area contributed by atoms with Crippen LogP contribution in [0.15, 0.2) is 18.3 Å². The van der Waals surface area contributed by atoms with Gasteiger partial charge in [0.15, 0.2) is 0 Å². The summed E-state index contributed by atoms with van der Waals surface area (Å²) < 4.78 is 6.85. The van der Waals surface area contributed by atoms with Crippen LogP contribution in [0.3, 0.4) is 0 Å². The number of amides is 1. The predicted octanol–water partition coefficient (Wildman–Crippen LogP) is 0.152. The second kappa shape index (κ2) is 5.14. The number of rotatable bonds is 5. The normalized spacial score (nSPS) is 14.5. The average Bonchev–Trinajstić information content (AvgIpc) is 2.72. The molecule has 1 amide bonds. The van der Waals surface area contributed by atoms with Crippen molar-refractivity contribution >= 4 is 5.91 Å². The van der Waals surface area contributed by atoms with Crippen molar-refractivity contribution in [1.82, 2.24) is 9.88 Å². The molecular formula is C11H18N2O3. The van der Waals surface area contributed by atoms with Crippen LogP contribution < -0.4 is 5.32 Å². The number of aliphatic hydroxyl groups excluding tert-OH is 1. The van der Waals surface area contributed by atoms with Gasteiger partial charge in [0.05, 0.1) is 6.61 Å². The van der Waals surface area contributed by atoms with Crippen LogP contribution >= 0.6 is 0 Å². The molecule has 16 heavy (non-hydrogen) atoms. The van der Waals surface area contributed by atoms with Crippen LogP contribution in [0, 0.1) is 0 Å². The number of nitrogens with zero attached hydrogens (tertiary/aromatic N) is 1. The molecule has 1 aromatic heterocycles. The molecule has 1 aromatic rings. The first-order valence-electron chi connectivity index (χ1n) is 5.08. The molecule has 0 aliphatic carbocycles. The maximum Gasteiger partial charge on any atom is 0.267 e. The Balaban J connectivity index is 2.57. The lowest BCUT2D eigenvalue weighted by Gasteiger charge is -2.25. The fourth-order valence-electron chi connectivity index (χ4n) is 1.25. The predicted molar refractivity (Wildman–Crippen MR) is 60.2 cm³/mol. The molecule has 1 unspecified atom stereocenters. The first kappa shape index (κ1) is 12.7. The van der Waals surface area contributed by atoms with Gasteiger partial charge >= 0.3 is 0 Å². The van der Waals surface area contributed by atoms with Gasteiger partial charge in [-0.25, -0.2) is 0 Å². The van der Waals surface area contributed by atoms with Gasteiger partial charge < -0.3 is 19.7 Å². The Kier molecular flexibility index (Phi) is 4.09. The van der Waals surface area contributed by atoms with Crippen molar-refractivity contribution in [2.75, 3.05) is 20.3 Å². The van der Waals surface area contributed by atoms with Crippen LogP contribution in [-0.4, -0.2) is 41.4 Å². The zero-order chi connectivity index (χ0) is 12.2. The summed E-state index contributed by atoms with van der Waals surface area (Å²) in [5.74, 6) is -0.177. The molecule has 0 fully saturated rings. The third kappa shape index (κ3) is 2.84. The lowest BCUT2D eigenvalue weighted by atomic mass is 10.1. The smallest absolute Gasteiger partial charge is 0.267 e. The fraction of sp³-hybridized carbons (Fsp3) is 0.545. The molecule has 2 N–H and O–H groups in total. The number of aromatic nitrogens is 1. The number of nitrogens with one attached hydrogen (secondary N) is 1. The van der Waals surface area contributed by atoms with Crippen LogP contribution in [0.4, 0.5) is 0 Å². The highest BCUT2D eigenvalue weighted by atomic mass is 16.5. The standard InChI is InChI=1S/C11H18N2O3/c1-11(8-14,16-3)7-12-10(15)9-5-4-6-13(9)2/h4-6,14H,7-8H2,1-3H3,(H,12,15). The average molecular weight is 226 g/mol. The molecular weight excluding hydrogens is 208 g/mol. The van der Waals surface area contributed by atoms with Crippen LogP contribution in [0.5, 0.6) is 0 Å². The quantitative estimate of drug-likeness (QED) is 0.751. The largest absolute Gasteiger partial charge is 0.393 e. The van der Waals surface area contributed by atoms with E-state index < -0.39 is 5.60 Å². The van der Waals surface area contributed by atoms with Crippen LogP contribution in [0.25, 0.3) is 0 Å². The zero-order valence-corrected chi connectivity index (χ0v) is 9.86. The minimum atomic E-state index is -0.735. The SMILES string of the molecule is COC(C)(CO)CNC(=O)c1cccn1C. The highest BCUT2D eigenvalue weighted by molar-refractivity contribution is 5.92. The number of carbonyl (C=O) groups is 1. The summed E-state index contributed by atoms with van der Waals surface area (Å²) in [5.41, 5.74) is -0.155. The van der Waals surface area contributed by atoms with Crippen molar-refractivity contribution in [2.45, 2.75) is 12.5 Å². The van der Waals surface area contributed by atoms with E-state index in [4.69, 9.17) is 9.84 Å². The van der Waals surface area contributed by atoms with E-state index in [1.165, 1.54) is 7.11 Å². The zero-order valence-electron chi connectivity index (χ0n) is 9.86. The molecule has 0 bridgehead atoms. The minimum absolute atomic E-state index is 0.142. The number of carbonyl (C=O) groups excluding carboxylic acids is 1. The van der Waals surface area contributed by atoms with E-state index in [1.54, 1.807) is 36.9 Å². The van der Waals surface area contributed by atoms with Crippen molar-refractivity contribution in [1.29, 1.82) is 0 Å². The van der Waals surface area contributed by atoms with Gasteiger partial charge in [-0.15, -0.1) is 0 Å². The number of hydrogen-bond donors (Lipinski definition) is 2. The monoisotopic (exact) mass is 226 g/mol. The van der Waals surface area contributed by atoms with Gasteiger partial charge in [0, 0.05) is 26.9 Å². The molecule has 0 aliphatic heterocycles. The third-order valence-electron chi connectivity index (χ3n) is 2.63. The van der Waals surface area contributed by atoms with Crippen LogP contribution in [-0.2, 0) is 11.8 Å². The number of hydrogen-bond acceptors (Lipinski definition) is 3.